The second-order valence-electron chi connectivity index (χ2n) is 3.73. The van der Waals surface area contributed by atoms with E-state index in [0.717, 1.165) is 10.7 Å². The molecule has 0 aliphatic heterocycles. The largest absolute Gasteiger partial charge is 0.344 e. The number of hydrogen-bond donors (Lipinski definition) is 1. The Bertz CT molecular complexity index is 284. The van der Waals surface area contributed by atoms with Gasteiger partial charge in [0.1, 0.15) is 0 Å². The lowest BCUT2D eigenvalue weighted by Crippen LogP contribution is -2.01. The molecule has 0 radical (unpaired) electrons. The molecule has 20 heavy (non-hydrogen) atoms. The summed E-state index contributed by atoms with van der Waals surface area (Å²) in [4.78, 5) is 9.01. The maximum absolute atomic E-state index is 11.7. The SMILES string of the molecule is CCOP(=O)(CCBr)CCBr.O=P(O)(CCBr)CCBr. The summed E-state index contributed by atoms with van der Waals surface area (Å²) in [6.07, 6.45) is 2.01. The van der Waals surface area contributed by atoms with Crippen LogP contribution in [0.1, 0.15) is 6.92 Å². The molecule has 0 aromatic rings. The van der Waals surface area contributed by atoms with Gasteiger partial charge >= 0.3 is 0 Å². The molecule has 0 fully saturated rings. The van der Waals surface area contributed by atoms with Crippen molar-refractivity contribution in [2.24, 2.45) is 0 Å². The molecule has 0 unspecified atom stereocenters. The van der Waals surface area contributed by atoms with Crippen molar-refractivity contribution < 1.29 is 18.5 Å². The van der Waals surface area contributed by atoms with Gasteiger partial charge in [0.25, 0.3) is 0 Å². The van der Waals surface area contributed by atoms with Crippen molar-refractivity contribution in [3.05, 3.63) is 0 Å². The van der Waals surface area contributed by atoms with Crippen molar-refractivity contribution in [2.75, 3.05) is 52.6 Å². The van der Waals surface area contributed by atoms with Crippen molar-refractivity contribution in [3.63, 3.8) is 0 Å². The van der Waals surface area contributed by atoms with Crippen molar-refractivity contribution in [1.29, 1.82) is 0 Å². The second kappa shape index (κ2) is 14.9. The number of rotatable bonds is 10. The van der Waals surface area contributed by atoms with Crippen LogP contribution in [0.4, 0.5) is 0 Å². The lowest BCUT2D eigenvalue weighted by Gasteiger charge is -2.14. The fraction of sp³-hybridized carbons (Fsp3) is 1.00. The summed E-state index contributed by atoms with van der Waals surface area (Å²) in [7, 11) is -5.10. The van der Waals surface area contributed by atoms with Gasteiger partial charge in [0.05, 0.1) is 6.61 Å². The molecular formula is C10H22Br4O4P2. The van der Waals surface area contributed by atoms with E-state index < -0.39 is 14.7 Å². The molecule has 0 saturated carbocycles. The van der Waals surface area contributed by atoms with Crippen LogP contribution in [0.25, 0.3) is 0 Å². The van der Waals surface area contributed by atoms with Crippen molar-refractivity contribution in [3.8, 4) is 0 Å². The van der Waals surface area contributed by atoms with E-state index in [2.05, 4.69) is 63.7 Å². The van der Waals surface area contributed by atoms with Crippen molar-refractivity contribution in [2.45, 2.75) is 6.92 Å². The van der Waals surface area contributed by atoms with Crippen LogP contribution < -0.4 is 0 Å². The van der Waals surface area contributed by atoms with Crippen molar-refractivity contribution in [1.82, 2.24) is 0 Å². The third kappa shape index (κ3) is 15.2. The minimum Gasteiger partial charge on any atom is -0.344 e. The Hall–Kier alpha value is 2.30. The molecule has 4 nitrogen and oxygen atoms in total. The van der Waals surface area contributed by atoms with Gasteiger partial charge < -0.3 is 9.42 Å². The van der Waals surface area contributed by atoms with Gasteiger partial charge in [0.2, 0.25) is 14.7 Å². The Morgan fingerprint density at radius 2 is 1.20 bits per heavy atom. The lowest BCUT2D eigenvalue weighted by atomic mass is 10.9. The van der Waals surface area contributed by atoms with Gasteiger partial charge in [-0.25, -0.2) is 0 Å². The molecule has 1 N–H and O–H groups in total. The van der Waals surface area contributed by atoms with Gasteiger partial charge in [0, 0.05) is 46.0 Å². The highest BCUT2D eigenvalue weighted by molar-refractivity contribution is 9.09. The van der Waals surface area contributed by atoms with E-state index in [1.165, 1.54) is 0 Å². The molecule has 0 aliphatic carbocycles. The smallest absolute Gasteiger partial charge is 0.204 e. The number of alkyl halides is 4. The third-order valence-corrected chi connectivity index (χ3v) is 10.5. The molecule has 0 amide bonds. The molecule has 0 heterocycles. The van der Waals surface area contributed by atoms with E-state index in [9.17, 15) is 9.13 Å². The number of hydrogen-bond acceptors (Lipinski definition) is 3. The first kappa shape index (κ1) is 24.6. The van der Waals surface area contributed by atoms with Crippen LogP contribution in [-0.2, 0) is 13.7 Å². The molecule has 10 heteroatoms. The second-order valence-corrected chi connectivity index (χ2v) is 12.3. The van der Waals surface area contributed by atoms with Gasteiger partial charge in [-0.1, -0.05) is 63.7 Å². The Morgan fingerprint density at radius 1 is 0.850 bits per heavy atom. The maximum Gasteiger partial charge on any atom is 0.204 e. The van der Waals surface area contributed by atoms with E-state index >= 15 is 0 Å². The van der Waals surface area contributed by atoms with Crippen molar-refractivity contribution >= 4 is 78.5 Å². The van der Waals surface area contributed by atoms with E-state index in [1.807, 2.05) is 6.92 Å². The van der Waals surface area contributed by atoms with Crippen LogP contribution in [0, 0.1) is 0 Å². The molecule has 0 aromatic heterocycles. The fourth-order valence-corrected chi connectivity index (χ4v) is 9.90. The highest BCUT2D eigenvalue weighted by atomic mass is 79.9. The van der Waals surface area contributed by atoms with E-state index in [4.69, 9.17) is 9.42 Å². The third-order valence-electron chi connectivity index (χ3n) is 2.08. The summed E-state index contributed by atoms with van der Waals surface area (Å²) in [5.74, 6) is 0. The van der Waals surface area contributed by atoms with Gasteiger partial charge in [-0.2, -0.15) is 0 Å². The molecular weight excluding hydrogens is 566 g/mol. The van der Waals surface area contributed by atoms with Crippen LogP contribution in [0.5, 0.6) is 0 Å². The zero-order valence-corrected chi connectivity index (χ0v) is 19.6. The predicted molar refractivity (Wildman–Crippen MR) is 104 cm³/mol. The lowest BCUT2D eigenvalue weighted by molar-refractivity contribution is 0.335. The summed E-state index contributed by atoms with van der Waals surface area (Å²) < 4.78 is 27.8. The summed E-state index contributed by atoms with van der Waals surface area (Å²) in [6, 6.07) is 0. The summed E-state index contributed by atoms with van der Waals surface area (Å²) in [6.45, 7) is 2.41. The van der Waals surface area contributed by atoms with Crippen LogP contribution in [0.2, 0.25) is 0 Å². The molecule has 0 aliphatic rings. The van der Waals surface area contributed by atoms with Gasteiger partial charge in [-0.05, 0) is 6.92 Å². The minimum atomic E-state index is -2.79. The number of halogens is 4. The molecule has 0 saturated heterocycles. The summed E-state index contributed by atoms with van der Waals surface area (Å²) in [5.41, 5.74) is 0. The van der Waals surface area contributed by atoms with E-state index in [0.29, 0.717) is 41.9 Å². The zero-order chi connectivity index (χ0) is 16.1. The Labute approximate surface area is 155 Å². The fourth-order valence-electron chi connectivity index (χ4n) is 1.11. The molecule has 0 rings (SSSR count). The minimum absolute atomic E-state index is 0.374. The quantitative estimate of drug-likeness (QED) is 0.284. The molecule has 0 spiro atoms. The molecule has 0 aromatic carbocycles. The first-order valence-corrected chi connectivity index (χ1v) is 14.6. The van der Waals surface area contributed by atoms with E-state index in [1.54, 1.807) is 0 Å². The highest BCUT2D eigenvalue weighted by Gasteiger charge is 2.20. The predicted octanol–water partition coefficient (Wildman–Crippen LogP) is 5.14. The normalized spacial score (nSPS) is 11.9. The average Bonchev–Trinajstić information content (AvgIpc) is 2.30. The van der Waals surface area contributed by atoms with Gasteiger partial charge in [-0.15, -0.1) is 0 Å². The van der Waals surface area contributed by atoms with Crippen LogP contribution in [0.3, 0.4) is 0 Å². The monoisotopic (exact) mass is 584 g/mol. The van der Waals surface area contributed by atoms with Crippen LogP contribution >= 0.6 is 78.5 Å². The average molecular weight is 588 g/mol. The Kier molecular flexibility index (Phi) is 18.2. The first-order chi connectivity index (χ1) is 9.30. The topological polar surface area (TPSA) is 63.6 Å². The maximum atomic E-state index is 11.7. The van der Waals surface area contributed by atoms with Gasteiger partial charge in [-0.3, -0.25) is 9.13 Å². The van der Waals surface area contributed by atoms with Gasteiger partial charge in [0.15, 0.2) is 0 Å². The van der Waals surface area contributed by atoms with Crippen LogP contribution in [-0.4, -0.2) is 57.5 Å². The Morgan fingerprint density at radius 3 is 1.45 bits per heavy atom. The summed E-state index contributed by atoms with van der Waals surface area (Å²) >= 11 is 12.7. The molecule has 0 atom stereocenters. The zero-order valence-electron chi connectivity index (χ0n) is 11.4. The standard InChI is InChI=1S/C6H13Br2O2P.C4H9Br2O2P/c1-2-10-11(9,5-3-7)6-4-8;5-1-3-9(7,8)4-2-6/h2-6H2,1H3;1-4H2,(H,7,8). The molecule has 124 valence electrons. The first-order valence-electron chi connectivity index (χ1n) is 6.08. The summed E-state index contributed by atoms with van der Waals surface area (Å²) in [5, 5.41) is 2.70. The molecule has 0 bridgehead atoms. The van der Waals surface area contributed by atoms with E-state index in [-0.39, 0.29) is 0 Å². The Balaban J connectivity index is 0. The highest BCUT2D eigenvalue weighted by Crippen LogP contribution is 2.46. The van der Waals surface area contributed by atoms with Crippen LogP contribution in [0.15, 0.2) is 0 Å².